The highest BCUT2D eigenvalue weighted by Gasteiger charge is 2.24. The second-order valence-electron chi connectivity index (χ2n) is 4.02. The first-order valence-electron chi connectivity index (χ1n) is 4.09. The second-order valence-corrected chi connectivity index (χ2v) is 6.81. The van der Waals surface area contributed by atoms with Gasteiger partial charge in [-0.2, -0.15) is 0 Å². The summed E-state index contributed by atoms with van der Waals surface area (Å²) in [5, 5.41) is 1.66. The van der Waals surface area contributed by atoms with Crippen LogP contribution >= 0.6 is 11.3 Å². The van der Waals surface area contributed by atoms with Crippen LogP contribution in [0.1, 0.15) is 20.8 Å². The molecule has 0 fully saturated rings. The molecule has 80 valence electrons. The van der Waals surface area contributed by atoms with E-state index in [2.05, 4.69) is 4.72 Å². The molecule has 0 unspecified atom stereocenters. The monoisotopic (exact) mass is 234 g/mol. The van der Waals surface area contributed by atoms with Crippen molar-refractivity contribution < 1.29 is 8.42 Å². The van der Waals surface area contributed by atoms with Crippen molar-refractivity contribution in [1.29, 1.82) is 0 Å². The van der Waals surface area contributed by atoms with Crippen LogP contribution < -0.4 is 10.5 Å². The van der Waals surface area contributed by atoms with Crippen molar-refractivity contribution in [3.05, 3.63) is 11.4 Å². The lowest BCUT2D eigenvalue weighted by Crippen LogP contribution is -2.40. The van der Waals surface area contributed by atoms with Crippen molar-refractivity contribution in [3.8, 4) is 0 Å². The quantitative estimate of drug-likeness (QED) is 0.812. The standard InChI is InChI=1S/C8H14N2O2S2/c1-8(2,3)10-14(11,12)7-6(9)4-5-13-7/h4-5,10H,9H2,1-3H3. The van der Waals surface area contributed by atoms with Crippen LogP contribution in [0.3, 0.4) is 0 Å². The number of nitrogen functional groups attached to an aromatic ring is 1. The number of thiophene rings is 1. The number of hydrogen-bond acceptors (Lipinski definition) is 4. The highest BCUT2D eigenvalue weighted by molar-refractivity contribution is 7.91. The molecule has 0 aliphatic carbocycles. The lowest BCUT2D eigenvalue weighted by molar-refractivity contribution is 0.493. The Balaban J connectivity index is 3.05. The van der Waals surface area contributed by atoms with E-state index in [-0.39, 0.29) is 4.21 Å². The molecule has 0 saturated carbocycles. The zero-order valence-electron chi connectivity index (χ0n) is 8.37. The van der Waals surface area contributed by atoms with Crippen LogP contribution in [0.4, 0.5) is 5.69 Å². The SMILES string of the molecule is CC(C)(C)NS(=O)(=O)c1sccc1N. The van der Waals surface area contributed by atoms with Gasteiger partial charge in [-0.1, -0.05) is 0 Å². The van der Waals surface area contributed by atoms with Gasteiger partial charge in [-0.15, -0.1) is 11.3 Å². The summed E-state index contributed by atoms with van der Waals surface area (Å²) in [5.74, 6) is 0. The Kier molecular flexibility index (Phi) is 2.89. The molecule has 0 saturated heterocycles. The van der Waals surface area contributed by atoms with Crippen LogP contribution in [-0.4, -0.2) is 14.0 Å². The third kappa shape index (κ3) is 2.70. The van der Waals surface area contributed by atoms with E-state index in [9.17, 15) is 8.42 Å². The summed E-state index contributed by atoms with van der Waals surface area (Å²) in [6.07, 6.45) is 0. The molecule has 0 atom stereocenters. The number of hydrogen-bond donors (Lipinski definition) is 2. The van der Waals surface area contributed by atoms with E-state index in [0.29, 0.717) is 5.69 Å². The molecule has 0 amide bonds. The summed E-state index contributed by atoms with van der Waals surface area (Å²) >= 11 is 1.12. The molecule has 0 aliphatic rings. The molecule has 1 rings (SSSR count). The summed E-state index contributed by atoms with van der Waals surface area (Å²) in [7, 11) is -3.46. The highest BCUT2D eigenvalue weighted by atomic mass is 32.2. The Labute approximate surface area is 88.2 Å². The third-order valence-electron chi connectivity index (χ3n) is 1.34. The number of nitrogens with one attached hydrogen (secondary N) is 1. The maximum atomic E-state index is 11.7. The van der Waals surface area contributed by atoms with Gasteiger partial charge in [0.2, 0.25) is 0 Å². The predicted molar refractivity (Wildman–Crippen MR) is 58.8 cm³/mol. The zero-order chi connectivity index (χ0) is 11.0. The maximum absolute atomic E-state index is 11.7. The van der Waals surface area contributed by atoms with Crippen molar-refractivity contribution in [3.63, 3.8) is 0 Å². The average molecular weight is 234 g/mol. The lowest BCUT2D eigenvalue weighted by Gasteiger charge is -2.19. The zero-order valence-corrected chi connectivity index (χ0v) is 10.00. The fraction of sp³-hybridized carbons (Fsp3) is 0.500. The molecule has 6 heteroatoms. The van der Waals surface area contributed by atoms with E-state index in [4.69, 9.17) is 5.73 Å². The Morgan fingerprint density at radius 3 is 2.36 bits per heavy atom. The fourth-order valence-corrected chi connectivity index (χ4v) is 3.59. The molecular weight excluding hydrogens is 220 g/mol. The van der Waals surface area contributed by atoms with Gasteiger partial charge in [0.1, 0.15) is 0 Å². The van der Waals surface area contributed by atoms with Crippen molar-refractivity contribution in [2.45, 2.75) is 30.5 Å². The summed E-state index contributed by atoms with van der Waals surface area (Å²) in [4.78, 5) is 0. The Morgan fingerprint density at radius 2 is 2.00 bits per heavy atom. The van der Waals surface area contributed by atoms with E-state index in [0.717, 1.165) is 11.3 Å². The van der Waals surface area contributed by atoms with Gasteiger partial charge in [0.25, 0.3) is 10.0 Å². The van der Waals surface area contributed by atoms with Gasteiger partial charge < -0.3 is 5.73 Å². The minimum absolute atomic E-state index is 0.187. The summed E-state index contributed by atoms with van der Waals surface area (Å²) < 4.78 is 26.2. The van der Waals surface area contributed by atoms with Crippen LogP contribution in [0, 0.1) is 0 Å². The molecule has 1 aromatic heterocycles. The molecular formula is C8H14N2O2S2. The van der Waals surface area contributed by atoms with E-state index in [1.165, 1.54) is 0 Å². The topological polar surface area (TPSA) is 72.2 Å². The van der Waals surface area contributed by atoms with Crippen molar-refractivity contribution in [2.24, 2.45) is 0 Å². The summed E-state index contributed by atoms with van der Waals surface area (Å²) in [5.41, 5.74) is 5.34. The Hall–Kier alpha value is -0.590. The molecule has 0 spiro atoms. The average Bonchev–Trinajstić information content (AvgIpc) is 2.29. The summed E-state index contributed by atoms with van der Waals surface area (Å²) in [6, 6.07) is 1.59. The van der Waals surface area contributed by atoms with Gasteiger partial charge in [-0.25, -0.2) is 13.1 Å². The molecule has 1 heterocycles. The van der Waals surface area contributed by atoms with Gasteiger partial charge in [0.15, 0.2) is 4.21 Å². The normalized spacial score (nSPS) is 13.1. The molecule has 0 bridgehead atoms. The van der Waals surface area contributed by atoms with Gasteiger partial charge in [-0.3, -0.25) is 0 Å². The minimum atomic E-state index is -3.46. The first-order chi connectivity index (χ1) is 6.22. The first-order valence-corrected chi connectivity index (χ1v) is 6.45. The molecule has 1 aromatic rings. The van der Waals surface area contributed by atoms with Crippen molar-refractivity contribution in [1.82, 2.24) is 4.72 Å². The van der Waals surface area contributed by atoms with E-state index >= 15 is 0 Å². The third-order valence-corrected chi connectivity index (χ3v) is 4.62. The molecule has 3 N–H and O–H groups in total. The van der Waals surface area contributed by atoms with Crippen molar-refractivity contribution >= 4 is 27.0 Å². The van der Waals surface area contributed by atoms with Gasteiger partial charge >= 0.3 is 0 Å². The Morgan fingerprint density at radius 1 is 1.43 bits per heavy atom. The number of nitrogens with two attached hydrogens (primary N) is 1. The largest absolute Gasteiger partial charge is 0.397 e. The van der Waals surface area contributed by atoms with Crippen molar-refractivity contribution in [2.75, 3.05) is 5.73 Å². The van der Waals surface area contributed by atoms with Crippen LogP contribution in [-0.2, 0) is 10.0 Å². The van der Waals surface area contributed by atoms with E-state index in [1.54, 1.807) is 32.2 Å². The predicted octanol–water partition coefficient (Wildman–Crippen LogP) is 1.41. The second kappa shape index (κ2) is 3.52. The maximum Gasteiger partial charge on any atom is 0.252 e. The lowest BCUT2D eigenvalue weighted by atomic mass is 10.1. The van der Waals surface area contributed by atoms with Gasteiger partial charge in [-0.05, 0) is 32.2 Å². The Bertz CT molecular complexity index is 415. The van der Waals surface area contributed by atoms with Crippen LogP contribution in [0.5, 0.6) is 0 Å². The molecule has 4 nitrogen and oxygen atoms in total. The van der Waals surface area contributed by atoms with Crippen LogP contribution in [0.15, 0.2) is 15.7 Å². The number of anilines is 1. The number of rotatable bonds is 2. The minimum Gasteiger partial charge on any atom is -0.397 e. The van der Waals surface area contributed by atoms with E-state index < -0.39 is 15.6 Å². The van der Waals surface area contributed by atoms with Gasteiger partial charge in [0.05, 0.1) is 5.69 Å². The van der Waals surface area contributed by atoms with Gasteiger partial charge in [0, 0.05) is 5.54 Å². The molecule has 14 heavy (non-hydrogen) atoms. The number of sulfonamides is 1. The highest BCUT2D eigenvalue weighted by Crippen LogP contribution is 2.25. The van der Waals surface area contributed by atoms with Crippen LogP contribution in [0.2, 0.25) is 0 Å². The smallest absolute Gasteiger partial charge is 0.252 e. The fourth-order valence-electron chi connectivity index (χ4n) is 0.973. The van der Waals surface area contributed by atoms with E-state index in [1.807, 2.05) is 0 Å². The summed E-state index contributed by atoms with van der Waals surface area (Å²) in [6.45, 7) is 5.36. The first kappa shape index (κ1) is 11.5. The molecule has 0 aliphatic heterocycles. The molecule has 0 radical (unpaired) electrons. The van der Waals surface area contributed by atoms with Crippen LogP contribution in [0.25, 0.3) is 0 Å². The molecule has 0 aromatic carbocycles.